The van der Waals surface area contributed by atoms with E-state index in [0.29, 0.717) is 28.3 Å². The summed E-state index contributed by atoms with van der Waals surface area (Å²) in [5.41, 5.74) is 6.61. The Hall–Kier alpha value is -3.86. The molecule has 0 atom stereocenters. The van der Waals surface area contributed by atoms with E-state index >= 15 is 0 Å². The number of hydrogen-bond donors (Lipinski definition) is 1. The number of amides is 2. The molecule has 0 bridgehead atoms. The predicted octanol–water partition coefficient (Wildman–Crippen LogP) is 5.33. The number of para-hydroxylation sites is 2. The summed E-state index contributed by atoms with van der Waals surface area (Å²) in [6.07, 6.45) is 0. The summed E-state index contributed by atoms with van der Waals surface area (Å²) in [6.45, 7) is 7.91. The van der Waals surface area contributed by atoms with Gasteiger partial charge in [-0.25, -0.2) is 4.90 Å². The van der Waals surface area contributed by atoms with Gasteiger partial charge in [0, 0.05) is 0 Å². The maximum Gasteiger partial charge on any atom is 0.282 e. The van der Waals surface area contributed by atoms with E-state index in [2.05, 4.69) is 5.32 Å². The zero-order chi connectivity index (χ0) is 23.0. The van der Waals surface area contributed by atoms with Crippen molar-refractivity contribution in [3.63, 3.8) is 0 Å². The van der Waals surface area contributed by atoms with Crippen LogP contribution in [0.4, 0.5) is 11.4 Å². The monoisotopic (exact) mass is 426 g/mol. The molecule has 2 amide bonds. The van der Waals surface area contributed by atoms with Gasteiger partial charge in [-0.2, -0.15) is 0 Å². The fraction of sp³-hybridized carbons (Fsp3) is 0.185. The molecule has 0 saturated heterocycles. The Balaban J connectivity index is 1.88. The summed E-state index contributed by atoms with van der Waals surface area (Å²) in [5.74, 6) is -0.145. The standard InChI is InChI=1S/C27H26N2O3/c1-16-10-13-22(19(4)14-16)29-26(30)24(20-12-11-17(2)18(3)15-20)25(27(29)31)28-21-8-6-7-9-23(21)32-5/h6-15,28H,1-5H3. The van der Waals surface area contributed by atoms with Crippen molar-refractivity contribution in [1.82, 2.24) is 0 Å². The van der Waals surface area contributed by atoms with E-state index in [-0.39, 0.29) is 17.5 Å². The maximum absolute atomic E-state index is 13.7. The number of imide groups is 1. The van der Waals surface area contributed by atoms with E-state index in [1.165, 1.54) is 4.90 Å². The number of benzene rings is 3. The molecular weight excluding hydrogens is 400 g/mol. The summed E-state index contributed by atoms with van der Waals surface area (Å²) in [5, 5.41) is 3.20. The zero-order valence-electron chi connectivity index (χ0n) is 18.9. The number of carbonyl (C=O) groups is 2. The minimum atomic E-state index is -0.388. The Labute approximate surface area is 188 Å². The van der Waals surface area contributed by atoms with Crippen molar-refractivity contribution in [2.24, 2.45) is 0 Å². The molecule has 0 radical (unpaired) electrons. The molecule has 3 aromatic carbocycles. The normalized spacial score (nSPS) is 13.7. The Bertz CT molecular complexity index is 1270. The van der Waals surface area contributed by atoms with Crippen LogP contribution in [-0.2, 0) is 9.59 Å². The van der Waals surface area contributed by atoms with Crippen molar-refractivity contribution in [1.29, 1.82) is 0 Å². The average Bonchev–Trinajstić information content (AvgIpc) is 3.00. The first-order valence-corrected chi connectivity index (χ1v) is 10.5. The number of nitrogens with zero attached hydrogens (tertiary/aromatic N) is 1. The van der Waals surface area contributed by atoms with Crippen molar-refractivity contribution in [2.75, 3.05) is 17.3 Å². The van der Waals surface area contributed by atoms with Gasteiger partial charge in [0.25, 0.3) is 11.8 Å². The smallest absolute Gasteiger partial charge is 0.282 e. The molecule has 0 unspecified atom stereocenters. The Morgan fingerprint density at radius 1 is 0.781 bits per heavy atom. The SMILES string of the molecule is COc1ccccc1NC1=C(c2ccc(C)c(C)c2)C(=O)N(c2ccc(C)cc2C)C1=O. The lowest BCUT2D eigenvalue weighted by Crippen LogP contribution is -2.33. The molecule has 1 aliphatic heterocycles. The number of ether oxygens (including phenoxy) is 1. The van der Waals surface area contributed by atoms with Crippen LogP contribution in [-0.4, -0.2) is 18.9 Å². The van der Waals surface area contributed by atoms with Gasteiger partial charge in [0.1, 0.15) is 11.4 Å². The van der Waals surface area contributed by atoms with Crippen LogP contribution >= 0.6 is 0 Å². The van der Waals surface area contributed by atoms with Gasteiger partial charge in [0.05, 0.1) is 24.1 Å². The number of carbonyl (C=O) groups excluding carboxylic acids is 2. The van der Waals surface area contributed by atoms with Crippen LogP contribution in [0.25, 0.3) is 5.57 Å². The first-order valence-electron chi connectivity index (χ1n) is 10.5. The van der Waals surface area contributed by atoms with Crippen LogP contribution in [0.2, 0.25) is 0 Å². The van der Waals surface area contributed by atoms with E-state index in [0.717, 1.165) is 22.3 Å². The number of aryl methyl sites for hydroxylation is 4. The second-order valence-corrected chi connectivity index (χ2v) is 8.11. The zero-order valence-corrected chi connectivity index (χ0v) is 18.9. The molecule has 0 fully saturated rings. The van der Waals surface area contributed by atoms with Crippen LogP contribution in [0.15, 0.2) is 66.4 Å². The highest BCUT2D eigenvalue weighted by molar-refractivity contribution is 6.46. The Kier molecular flexibility index (Phi) is 5.57. The Morgan fingerprint density at radius 3 is 2.22 bits per heavy atom. The lowest BCUT2D eigenvalue weighted by atomic mass is 9.99. The molecule has 32 heavy (non-hydrogen) atoms. The van der Waals surface area contributed by atoms with Crippen LogP contribution < -0.4 is 15.0 Å². The third-order valence-electron chi connectivity index (χ3n) is 5.84. The first-order chi connectivity index (χ1) is 15.3. The fourth-order valence-corrected chi connectivity index (χ4v) is 3.97. The topological polar surface area (TPSA) is 58.6 Å². The van der Waals surface area contributed by atoms with E-state index in [4.69, 9.17) is 4.74 Å². The largest absolute Gasteiger partial charge is 0.495 e. The fourth-order valence-electron chi connectivity index (χ4n) is 3.97. The Morgan fingerprint density at radius 2 is 1.53 bits per heavy atom. The summed E-state index contributed by atoms with van der Waals surface area (Å²) in [6, 6.07) is 18.8. The van der Waals surface area contributed by atoms with E-state index < -0.39 is 0 Å². The minimum Gasteiger partial charge on any atom is -0.495 e. The summed E-state index contributed by atoms with van der Waals surface area (Å²) in [4.78, 5) is 28.6. The van der Waals surface area contributed by atoms with Crippen molar-refractivity contribution in [3.8, 4) is 5.75 Å². The van der Waals surface area contributed by atoms with E-state index in [1.807, 2.05) is 88.4 Å². The molecule has 5 heteroatoms. The molecule has 162 valence electrons. The molecule has 1 N–H and O–H groups in total. The second-order valence-electron chi connectivity index (χ2n) is 8.11. The van der Waals surface area contributed by atoms with Crippen LogP contribution in [0.5, 0.6) is 5.75 Å². The molecule has 0 saturated carbocycles. The van der Waals surface area contributed by atoms with Gasteiger partial charge in [-0.3, -0.25) is 9.59 Å². The summed E-state index contributed by atoms with van der Waals surface area (Å²) < 4.78 is 5.44. The number of rotatable bonds is 5. The molecule has 3 aromatic rings. The third kappa shape index (κ3) is 3.66. The molecule has 1 heterocycles. The van der Waals surface area contributed by atoms with Crippen LogP contribution in [0.1, 0.15) is 27.8 Å². The number of nitrogens with one attached hydrogen (secondary N) is 1. The average molecular weight is 427 g/mol. The molecule has 4 rings (SSSR count). The van der Waals surface area contributed by atoms with Gasteiger partial charge < -0.3 is 10.1 Å². The van der Waals surface area contributed by atoms with Crippen molar-refractivity contribution >= 4 is 28.8 Å². The van der Waals surface area contributed by atoms with Gasteiger partial charge >= 0.3 is 0 Å². The molecule has 0 spiro atoms. The number of methoxy groups -OCH3 is 1. The lowest BCUT2D eigenvalue weighted by Gasteiger charge is -2.18. The van der Waals surface area contributed by atoms with Gasteiger partial charge in [-0.1, -0.05) is 48.0 Å². The van der Waals surface area contributed by atoms with Crippen molar-refractivity contribution in [3.05, 3.63) is 94.2 Å². The highest BCUT2D eigenvalue weighted by Crippen LogP contribution is 2.37. The second kappa shape index (κ2) is 8.35. The molecule has 0 aromatic heterocycles. The third-order valence-corrected chi connectivity index (χ3v) is 5.84. The number of hydrogen-bond acceptors (Lipinski definition) is 4. The summed E-state index contributed by atoms with van der Waals surface area (Å²) >= 11 is 0. The number of anilines is 2. The van der Waals surface area contributed by atoms with Gasteiger partial charge in [-0.15, -0.1) is 0 Å². The first kappa shape index (κ1) is 21.4. The lowest BCUT2D eigenvalue weighted by molar-refractivity contribution is -0.120. The van der Waals surface area contributed by atoms with Crippen molar-refractivity contribution in [2.45, 2.75) is 27.7 Å². The molecule has 5 nitrogen and oxygen atoms in total. The quantitative estimate of drug-likeness (QED) is 0.561. The van der Waals surface area contributed by atoms with E-state index in [9.17, 15) is 9.59 Å². The van der Waals surface area contributed by atoms with Crippen molar-refractivity contribution < 1.29 is 14.3 Å². The van der Waals surface area contributed by atoms with Gasteiger partial charge in [0.15, 0.2) is 0 Å². The molecular formula is C27H26N2O3. The minimum absolute atomic E-state index is 0.239. The van der Waals surface area contributed by atoms with Gasteiger partial charge in [-0.05, 0) is 68.1 Å². The molecule has 0 aliphatic carbocycles. The van der Waals surface area contributed by atoms with Gasteiger partial charge in [0.2, 0.25) is 0 Å². The van der Waals surface area contributed by atoms with E-state index in [1.54, 1.807) is 7.11 Å². The predicted molar refractivity (Wildman–Crippen MR) is 128 cm³/mol. The van der Waals surface area contributed by atoms with Crippen LogP contribution in [0, 0.1) is 27.7 Å². The van der Waals surface area contributed by atoms with Crippen LogP contribution in [0.3, 0.4) is 0 Å². The maximum atomic E-state index is 13.7. The highest BCUT2D eigenvalue weighted by atomic mass is 16.5. The molecule has 1 aliphatic rings. The summed E-state index contributed by atoms with van der Waals surface area (Å²) in [7, 11) is 1.57. The highest BCUT2D eigenvalue weighted by Gasteiger charge is 2.41.